The van der Waals surface area contributed by atoms with Crippen molar-refractivity contribution >= 4 is 51.7 Å². The van der Waals surface area contributed by atoms with Crippen molar-refractivity contribution in [3.8, 4) is 5.75 Å². The number of nitrogens with one attached hydrogen (secondary N) is 2. The molecule has 8 heteroatoms. The normalized spacial score (nSPS) is 17.5. The monoisotopic (exact) mass is 417 g/mol. The third-order valence-electron chi connectivity index (χ3n) is 4.13. The molecule has 0 saturated carbocycles. The number of aryl methyl sites for hydroxylation is 2. The molecule has 0 aliphatic carbocycles. The molecule has 0 aromatic heterocycles. The van der Waals surface area contributed by atoms with Gasteiger partial charge in [-0.2, -0.15) is 0 Å². The van der Waals surface area contributed by atoms with E-state index in [-0.39, 0.29) is 18.2 Å². The summed E-state index contributed by atoms with van der Waals surface area (Å²) in [5.41, 5.74) is 3.18. The predicted molar refractivity (Wildman–Crippen MR) is 114 cm³/mol. The molecule has 0 bridgehead atoms. The Morgan fingerprint density at radius 1 is 1.32 bits per heavy atom. The zero-order chi connectivity index (χ0) is 20.3. The fraction of sp³-hybridized carbons (Fsp3) is 0.250. The Kier molecular flexibility index (Phi) is 6.26. The third-order valence-corrected chi connectivity index (χ3v) is 5.62. The topological polar surface area (TPSA) is 79.8 Å². The van der Waals surface area contributed by atoms with Crippen LogP contribution in [-0.4, -0.2) is 29.3 Å². The summed E-state index contributed by atoms with van der Waals surface area (Å²) in [5, 5.41) is 6.03. The number of anilines is 1. The summed E-state index contributed by atoms with van der Waals surface area (Å²) < 4.78 is 5.26. The molecule has 1 aliphatic rings. The van der Waals surface area contributed by atoms with Gasteiger partial charge < -0.3 is 15.4 Å². The van der Waals surface area contributed by atoms with Gasteiger partial charge in [0, 0.05) is 17.5 Å². The highest BCUT2D eigenvalue weighted by Gasteiger charge is 2.32. The number of amides is 2. The molecule has 0 unspecified atom stereocenters. The Bertz CT molecular complexity index is 962. The number of benzene rings is 2. The molecule has 0 spiro atoms. The van der Waals surface area contributed by atoms with Crippen LogP contribution in [0.3, 0.4) is 0 Å². The van der Waals surface area contributed by atoms with Gasteiger partial charge in [0.15, 0.2) is 5.17 Å². The Morgan fingerprint density at radius 2 is 2.11 bits per heavy atom. The lowest BCUT2D eigenvalue weighted by Gasteiger charge is -2.13. The first-order valence-electron chi connectivity index (χ1n) is 8.62. The summed E-state index contributed by atoms with van der Waals surface area (Å²) in [6, 6.07) is 11.1. The average molecular weight is 418 g/mol. The molecule has 1 heterocycles. The minimum Gasteiger partial charge on any atom is -0.495 e. The lowest BCUT2D eigenvalue weighted by molar-refractivity contribution is -0.122. The Balaban J connectivity index is 1.66. The van der Waals surface area contributed by atoms with Crippen LogP contribution in [-0.2, 0) is 9.59 Å². The molecule has 2 amide bonds. The molecular weight excluding hydrogens is 398 g/mol. The number of hydrogen-bond acceptors (Lipinski definition) is 5. The van der Waals surface area contributed by atoms with Gasteiger partial charge in [-0.25, -0.2) is 4.99 Å². The van der Waals surface area contributed by atoms with Crippen molar-refractivity contribution in [2.24, 2.45) is 4.99 Å². The maximum Gasteiger partial charge on any atom is 0.240 e. The fourth-order valence-electron chi connectivity index (χ4n) is 2.71. The van der Waals surface area contributed by atoms with E-state index < -0.39 is 5.25 Å². The van der Waals surface area contributed by atoms with Gasteiger partial charge in [0.1, 0.15) is 11.0 Å². The minimum atomic E-state index is -0.539. The van der Waals surface area contributed by atoms with E-state index in [1.165, 1.54) is 18.9 Å². The second-order valence-electron chi connectivity index (χ2n) is 6.41. The van der Waals surface area contributed by atoms with Crippen LogP contribution in [0.2, 0.25) is 5.02 Å². The van der Waals surface area contributed by atoms with E-state index in [1.54, 1.807) is 12.1 Å². The van der Waals surface area contributed by atoms with Crippen molar-refractivity contribution in [3.05, 3.63) is 52.5 Å². The zero-order valence-corrected chi connectivity index (χ0v) is 17.3. The maximum atomic E-state index is 12.5. The van der Waals surface area contributed by atoms with Crippen LogP contribution in [0.25, 0.3) is 0 Å². The van der Waals surface area contributed by atoms with Crippen LogP contribution in [0.15, 0.2) is 41.4 Å². The molecule has 3 rings (SSSR count). The van der Waals surface area contributed by atoms with Gasteiger partial charge in [0.05, 0.1) is 18.5 Å². The fourth-order valence-corrected chi connectivity index (χ4v) is 3.85. The summed E-state index contributed by atoms with van der Waals surface area (Å²) in [5.74, 6) is -0.0514. The van der Waals surface area contributed by atoms with E-state index in [2.05, 4.69) is 15.6 Å². The van der Waals surface area contributed by atoms with E-state index in [1.807, 2.05) is 38.1 Å². The summed E-state index contributed by atoms with van der Waals surface area (Å²) in [6.45, 7) is 3.82. The van der Waals surface area contributed by atoms with Gasteiger partial charge in [0.2, 0.25) is 11.8 Å². The minimum absolute atomic E-state index is 0.0220. The van der Waals surface area contributed by atoms with E-state index in [4.69, 9.17) is 16.3 Å². The molecule has 0 radical (unpaired) electrons. The van der Waals surface area contributed by atoms with E-state index in [0.29, 0.717) is 21.6 Å². The molecule has 6 nitrogen and oxygen atoms in total. The van der Waals surface area contributed by atoms with Crippen LogP contribution in [0.1, 0.15) is 17.5 Å². The molecule has 1 fully saturated rings. The number of carbonyl (C=O) groups excluding carboxylic acids is 2. The van der Waals surface area contributed by atoms with Gasteiger partial charge in [0.25, 0.3) is 0 Å². The van der Waals surface area contributed by atoms with Gasteiger partial charge >= 0.3 is 0 Å². The van der Waals surface area contributed by atoms with Crippen molar-refractivity contribution in [2.75, 3.05) is 12.4 Å². The van der Waals surface area contributed by atoms with Crippen LogP contribution in [0.4, 0.5) is 11.4 Å². The van der Waals surface area contributed by atoms with Gasteiger partial charge in [-0.3, -0.25) is 9.59 Å². The SMILES string of the molecule is COc1cc(Cl)c(C)cc1NC(=O)C[C@H]1SC(=Nc2cccc(C)c2)NC1=O. The first-order valence-corrected chi connectivity index (χ1v) is 9.88. The molecule has 28 heavy (non-hydrogen) atoms. The number of rotatable bonds is 5. The van der Waals surface area contributed by atoms with Crippen molar-refractivity contribution in [3.63, 3.8) is 0 Å². The van der Waals surface area contributed by atoms with Gasteiger partial charge in [-0.05, 0) is 43.2 Å². The summed E-state index contributed by atoms with van der Waals surface area (Å²) in [6.07, 6.45) is 0.0220. The summed E-state index contributed by atoms with van der Waals surface area (Å²) in [7, 11) is 1.50. The molecule has 146 valence electrons. The standard InChI is InChI=1S/C20H20ClN3O3S/c1-11-5-4-6-13(7-11)22-20-24-19(26)17(28-20)10-18(25)23-15-8-12(2)14(21)9-16(15)27-3/h4-9,17H,10H2,1-3H3,(H,23,25)(H,22,24,26)/t17-/m1/s1. The van der Waals surface area contributed by atoms with E-state index in [9.17, 15) is 9.59 Å². The number of aliphatic imine (C=N–C) groups is 1. The van der Waals surface area contributed by atoms with Crippen molar-refractivity contribution in [1.29, 1.82) is 0 Å². The van der Waals surface area contributed by atoms with Crippen LogP contribution >= 0.6 is 23.4 Å². The summed E-state index contributed by atoms with van der Waals surface area (Å²) >= 11 is 7.34. The number of ether oxygens (including phenoxy) is 1. The van der Waals surface area contributed by atoms with Crippen molar-refractivity contribution in [2.45, 2.75) is 25.5 Å². The quantitative estimate of drug-likeness (QED) is 0.763. The van der Waals surface area contributed by atoms with Crippen molar-refractivity contribution in [1.82, 2.24) is 5.32 Å². The zero-order valence-electron chi connectivity index (χ0n) is 15.7. The molecule has 1 aliphatic heterocycles. The Labute approximate surface area is 172 Å². The largest absolute Gasteiger partial charge is 0.495 e. The van der Waals surface area contributed by atoms with Gasteiger partial charge in [-0.15, -0.1) is 0 Å². The van der Waals surface area contributed by atoms with Gasteiger partial charge in [-0.1, -0.05) is 35.5 Å². The average Bonchev–Trinajstić information content (AvgIpc) is 2.96. The van der Waals surface area contributed by atoms with E-state index >= 15 is 0 Å². The van der Waals surface area contributed by atoms with Crippen LogP contribution in [0.5, 0.6) is 5.75 Å². The maximum absolute atomic E-state index is 12.5. The highest BCUT2D eigenvalue weighted by Crippen LogP contribution is 2.32. The van der Waals surface area contributed by atoms with Crippen LogP contribution < -0.4 is 15.4 Å². The lowest BCUT2D eigenvalue weighted by atomic mass is 10.2. The smallest absolute Gasteiger partial charge is 0.240 e. The molecule has 1 saturated heterocycles. The van der Waals surface area contributed by atoms with Crippen molar-refractivity contribution < 1.29 is 14.3 Å². The third kappa shape index (κ3) is 4.85. The predicted octanol–water partition coefficient (Wildman–Crippen LogP) is 4.21. The number of methoxy groups -OCH3 is 1. The molecule has 2 aromatic rings. The van der Waals surface area contributed by atoms with Crippen LogP contribution in [0, 0.1) is 13.8 Å². The second-order valence-corrected chi connectivity index (χ2v) is 8.00. The number of amidine groups is 1. The number of halogens is 1. The number of thioether (sulfide) groups is 1. The molecule has 2 N–H and O–H groups in total. The second kappa shape index (κ2) is 8.67. The number of nitrogens with zero attached hydrogens (tertiary/aromatic N) is 1. The first-order chi connectivity index (χ1) is 13.4. The first kappa shape index (κ1) is 20.2. The number of carbonyl (C=O) groups is 2. The highest BCUT2D eigenvalue weighted by molar-refractivity contribution is 8.15. The Hall–Kier alpha value is -2.51. The summed E-state index contributed by atoms with van der Waals surface area (Å²) in [4.78, 5) is 29.1. The molecule has 1 atom stereocenters. The number of hydrogen-bond donors (Lipinski definition) is 2. The molecule has 2 aromatic carbocycles. The lowest BCUT2D eigenvalue weighted by Crippen LogP contribution is -2.28. The highest BCUT2D eigenvalue weighted by atomic mass is 35.5. The molecular formula is C20H20ClN3O3S. The van der Waals surface area contributed by atoms with E-state index in [0.717, 1.165) is 16.8 Å². The Morgan fingerprint density at radius 3 is 2.82 bits per heavy atom.